The Labute approximate surface area is 136 Å². The van der Waals surface area contributed by atoms with E-state index in [0.717, 1.165) is 36.2 Å². The quantitative estimate of drug-likeness (QED) is 0.579. The molecule has 18 heavy (non-hydrogen) atoms. The monoisotopic (exact) mass is 451 g/mol. The van der Waals surface area contributed by atoms with Gasteiger partial charge in [0.05, 0.1) is 0 Å². The number of anilines is 1. The number of hydrogen-bond donors (Lipinski definition) is 1. The zero-order chi connectivity index (χ0) is 13.1. The van der Waals surface area contributed by atoms with Crippen LogP contribution in [0.1, 0.15) is 5.56 Å². The fourth-order valence-corrected chi connectivity index (χ4v) is 3.06. The lowest BCUT2D eigenvalue weighted by Gasteiger charge is -2.10. The number of halogens is 4. The van der Waals surface area contributed by atoms with Crippen molar-refractivity contribution in [1.82, 2.24) is 0 Å². The van der Waals surface area contributed by atoms with Crippen LogP contribution in [0.4, 0.5) is 5.69 Å². The van der Waals surface area contributed by atoms with Gasteiger partial charge in [-0.1, -0.05) is 49.5 Å². The summed E-state index contributed by atoms with van der Waals surface area (Å²) >= 11 is 16.4. The number of benzene rings is 2. The summed E-state index contributed by atoms with van der Waals surface area (Å²) in [5.74, 6) is 0. The summed E-state index contributed by atoms with van der Waals surface area (Å²) in [6, 6.07) is 11.8. The Kier molecular flexibility index (Phi) is 5.13. The van der Waals surface area contributed by atoms with Crippen molar-refractivity contribution in [3.8, 4) is 0 Å². The maximum Gasteiger partial charge on any atom is 0.0498 e. The number of rotatable bonds is 3. The third-order valence-corrected chi connectivity index (χ3v) is 4.57. The molecule has 0 spiro atoms. The van der Waals surface area contributed by atoms with Gasteiger partial charge in [0.2, 0.25) is 0 Å². The van der Waals surface area contributed by atoms with Gasteiger partial charge in [-0.2, -0.15) is 0 Å². The lowest BCUT2D eigenvalue weighted by atomic mass is 10.2. The molecule has 0 aliphatic heterocycles. The highest BCUT2D eigenvalue weighted by Gasteiger charge is 2.03. The van der Waals surface area contributed by atoms with E-state index in [9.17, 15) is 0 Å². The van der Waals surface area contributed by atoms with Crippen molar-refractivity contribution in [3.05, 3.63) is 60.4 Å². The van der Waals surface area contributed by atoms with E-state index in [1.165, 1.54) is 0 Å². The van der Waals surface area contributed by atoms with Crippen molar-refractivity contribution in [1.29, 1.82) is 0 Å². The second-order valence-electron chi connectivity index (χ2n) is 3.71. The van der Waals surface area contributed by atoms with Crippen molar-refractivity contribution in [3.63, 3.8) is 0 Å². The van der Waals surface area contributed by atoms with E-state index in [1.54, 1.807) is 0 Å². The molecule has 0 bridgehead atoms. The Morgan fingerprint density at radius 2 is 1.72 bits per heavy atom. The molecule has 2 aromatic carbocycles. The van der Waals surface area contributed by atoms with Gasteiger partial charge in [0.15, 0.2) is 0 Å². The lowest BCUT2D eigenvalue weighted by molar-refractivity contribution is 1.13. The molecule has 1 nitrogen and oxygen atoms in total. The van der Waals surface area contributed by atoms with Crippen LogP contribution in [-0.4, -0.2) is 0 Å². The largest absolute Gasteiger partial charge is 0.380 e. The first-order valence-corrected chi connectivity index (χ1v) is 7.95. The highest BCUT2D eigenvalue weighted by atomic mass is 79.9. The minimum atomic E-state index is 0.729. The molecule has 0 unspecified atom stereocenters. The summed E-state index contributed by atoms with van der Waals surface area (Å²) in [4.78, 5) is 0. The molecular weight excluding hydrogens is 445 g/mol. The molecule has 0 aliphatic rings. The van der Waals surface area contributed by atoms with Gasteiger partial charge in [-0.25, -0.2) is 0 Å². The van der Waals surface area contributed by atoms with Gasteiger partial charge in [-0.3, -0.25) is 0 Å². The van der Waals surface area contributed by atoms with Crippen LogP contribution in [0.2, 0.25) is 5.02 Å². The first-order chi connectivity index (χ1) is 8.56. The van der Waals surface area contributed by atoms with Crippen molar-refractivity contribution in [2.24, 2.45) is 0 Å². The van der Waals surface area contributed by atoms with Crippen LogP contribution in [0.25, 0.3) is 0 Å². The molecule has 0 saturated heterocycles. The molecule has 94 valence electrons. The van der Waals surface area contributed by atoms with E-state index < -0.39 is 0 Å². The highest BCUT2D eigenvalue weighted by molar-refractivity contribution is 9.11. The normalized spacial score (nSPS) is 10.4. The minimum absolute atomic E-state index is 0.729. The number of hydrogen-bond acceptors (Lipinski definition) is 1. The average molecular weight is 454 g/mol. The summed E-state index contributed by atoms with van der Waals surface area (Å²) in [7, 11) is 0. The fourth-order valence-electron chi connectivity index (χ4n) is 1.49. The van der Waals surface area contributed by atoms with Crippen LogP contribution in [0.5, 0.6) is 0 Å². The highest BCUT2D eigenvalue weighted by Crippen LogP contribution is 2.28. The molecule has 0 amide bonds. The summed E-state index contributed by atoms with van der Waals surface area (Å²) in [6.07, 6.45) is 0. The summed E-state index contributed by atoms with van der Waals surface area (Å²) in [5.41, 5.74) is 2.21. The van der Waals surface area contributed by atoms with Crippen molar-refractivity contribution >= 4 is 65.1 Å². The molecule has 2 aromatic rings. The second kappa shape index (κ2) is 6.42. The van der Waals surface area contributed by atoms with Crippen LogP contribution in [-0.2, 0) is 6.54 Å². The van der Waals surface area contributed by atoms with E-state index in [4.69, 9.17) is 11.6 Å². The zero-order valence-electron chi connectivity index (χ0n) is 9.18. The first-order valence-electron chi connectivity index (χ1n) is 5.19. The first kappa shape index (κ1) is 14.4. The van der Waals surface area contributed by atoms with Crippen LogP contribution >= 0.6 is 59.4 Å². The standard InChI is InChI=1S/C13H9Br3ClN/c14-9-2-4-11(15)13(5-9)18-7-8-1-3-10(17)6-12(8)16/h1-6,18H,7H2. The van der Waals surface area contributed by atoms with Gasteiger partial charge < -0.3 is 5.32 Å². The van der Waals surface area contributed by atoms with Gasteiger partial charge in [-0.05, 0) is 51.8 Å². The predicted octanol–water partition coefficient (Wildman–Crippen LogP) is 6.24. The van der Waals surface area contributed by atoms with Crippen molar-refractivity contribution in [2.75, 3.05) is 5.32 Å². The van der Waals surface area contributed by atoms with E-state index in [0.29, 0.717) is 0 Å². The Balaban J connectivity index is 2.13. The molecule has 0 aliphatic carbocycles. The number of nitrogens with one attached hydrogen (secondary N) is 1. The summed E-state index contributed by atoms with van der Waals surface area (Å²) in [6.45, 7) is 0.729. The predicted molar refractivity (Wildman–Crippen MR) is 88.3 cm³/mol. The third kappa shape index (κ3) is 3.73. The lowest BCUT2D eigenvalue weighted by Crippen LogP contribution is -2.00. The van der Waals surface area contributed by atoms with E-state index >= 15 is 0 Å². The van der Waals surface area contributed by atoms with Crippen LogP contribution in [0.15, 0.2) is 49.8 Å². The Morgan fingerprint density at radius 1 is 0.944 bits per heavy atom. The SMILES string of the molecule is Clc1ccc(CNc2cc(Br)ccc2Br)c(Br)c1. The van der Waals surface area contributed by atoms with Crippen LogP contribution in [0, 0.1) is 0 Å². The van der Waals surface area contributed by atoms with E-state index in [2.05, 4.69) is 53.1 Å². The van der Waals surface area contributed by atoms with Crippen LogP contribution in [0.3, 0.4) is 0 Å². The third-order valence-electron chi connectivity index (χ3n) is 2.41. The maximum absolute atomic E-state index is 5.92. The molecular formula is C13H9Br3ClN. The fraction of sp³-hybridized carbons (Fsp3) is 0.0769. The molecule has 0 atom stereocenters. The smallest absolute Gasteiger partial charge is 0.0498 e. The second-order valence-corrected chi connectivity index (χ2v) is 6.77. The molecule has 0 aromatic heterocycles. The summed E-state index contributed by atoms with van der Waals surface area (Å²) < 4.78 is 3.09. The molecule has 5 heteroatoms. The van der Waals surface area contributed by atoms with Crippen LogP contribution < -0.4 is 5.32 Å². The minimum Gasteiger partial charge on any atom is -0.380 e. The van der Waals surface area contributed by atoms with Gasteiger partial charge in [-0.15, -0.1) is 0 Å². The molecule has 1 N–H and O–H groups in total. The van der Waals surface area contributed by atoms with Crippen molar-refractivity contribution in [2.45, 2.75) is 6.54 Å². The summed E-state index contributed by atoms with van der Waals surface area (Å²) in [5, 5.41) is 4.11. The van der Waals surface area contributed by atoms with Gasteiger partial charge in [0, 0.05) is 30.7 Å². The maximum atomic E-state index is 5.92. The molecule has 0 saturated carbocycles. The molecule has 0 radical (unpaired) electrons. The molecule has 0 heterocycles. The zero-order valence-corrected chi connectivity index (χ0v) is 14.7. The van der Waals surface area contributed by atoms with E-state index in [-0.39, 0.29) is 0 Å². The van der Waals surface area contributed by atoms with E-state index in [1.807, 2.05) is 36.4 Å². The average Bonchev–Trinajstić information content (AvgIpc) is 2.32. The Morgan fingerprint density at radius 3 is 2.44 bits per heavy atom. The topological polar surface area (TPSA) is 12.0 Å². The van der Waals surface area contributed by atoms with Gasteiger partial charge in [0.25, 0.3) is 0 Å². The van der Waals surface area contributed by atoms with Crippen molar-refractivity contribution < 1.29 is 0 Å². The van der Waals surface area contributed by atoms with Gasteiger partial charge in [0.1, 0.15) is 0 Å². The Hall–Kier alpha value is -0.0300. The molecule has 2 rings (SSSR count). The molecule has 0 fully saturated rings. The Bertz CT molecular complexity index is 572. The van der Waals surface area contributed by atoms with Gasteiger partial charge >= 0.3 is 0 Å².